The van der Waals surface area contributed by atoms with E-state index in [1.807, 2.05) is 0 Å². The Balaban J connectivity index is 3.29. The van der Waals surface area contributed by atoms with E-state index in [0.717, 1.165) is 0 Å². The van der Waals surface area contributed by atoms with E-state index in [9.17, 15) is 4.79 Å². The van der Waals surface area contributed by atoms with Crippen molar-refractivity contribution in [2.75, 3.05) is 33.3 Å². The van der Waals surface area contributed by atoms with Crippen LogP contribution in [0.5, 0.6) is 17.2 Å². The molecule has 0 fully saturated rings. The maximum absolute atomic E-state index is 12.2. The summed E-state index contributed by atoms with van der Waals surface area (Å²) < 4.78 is 15.8. The van der Waals surface area contributed by atoms with Crippen LogP contribution >= 0.6 is 0 Å². The summed E-state index contributed by atoms with van der Waals surface area (Å²) in [6, 6.07) is 3.40. The zero-order valence-electron chi connectivity index (χ0n) is 12.8. The highest BCUT2D eigenvalue weighted by Gasteiger charge is 2.27. The average Bonchev–Trinajstić information content (AvgIpc) is 2.42. The second-order valence-electron chi connectivity index (χ2n) is 4.97. The van der Waals surface area contributed by atoms with Gasteiger partial charge in [0.15, 0.2) is 11.5 Å². The quantitative estimate of drug-likeness (QED) is 0.884. The van der Waals surface area contributed by atoms with E-state index >= 15 is 0 Å². The number of likely N-dealkylation sites (N-methyl/N-ethyl adjacent to an activating group) is 1. The predicted octanol–water partition coefficient (Wildman–Crippen LogP) is 1.41. The molecule has 0 saturated heterocycles. The molecule has 112 valence electrons. The van der Waals surface area contributed by atoms with Crippen LogP contribution in [0.25, 0.3) is 0 Å². The molecule has 0 aromatic heterocycles. The second kappa shape index (κ2) is 6.00. The van der Waals surface area contributed by atoms with Crippen LogP contribution in [-0.4, -0.2) is 39.8 Å². The lowest BCUT2D eigenvalue weighted by atomic mass is 10.1. The number of hydrogen-bond acceptors (Lipinski definition) is 5. The van der Waals surface area contributed by atoms with Gasteiger partial charge in [-0.05, 0) is 13.8 Å². The molecular formula is C14H22N2O4. The Labute approximate surface area is 119 Å². The topological polar surface area (TPSA) is 74.0 Å². The van der Waals surface area contributed by atoms with Gasteiger partial charge in [0.25, 0.3) is 0 Å². The van der Waals surface area contributed by atoms with Gasteiger partial charge >= 0.3 is 0 Å². The standard InChI is InChI=1S/C14H22N2O4/c1-14(2,15)13(17)16(3)9-7-10(18-4)12(20-6)11(8-9)19-5/h7-8H,15H2,1-6H3. The van der Waals surface area contributed by atoms with Crippen LogP contribution in [0, 0.1) is 0 Å². The molecule has 1 aromatic rings. The molecule has 0 aliphatic heterocycles. The molecule has 20 heavy (non-hydrogen) atoms. The maximum Gasteiger partial charge on any atom is 0.246 e. The van der Waals surface area contributed by atoms with Gasteiger partial charge in [-0.3, -0.25) is 4.79 Å². The fraction of sp³-hybridized carbons (Fsp3) is 0.500. The van der Waals surface area contributed by atoms with Crippen molar-refractivity contribution < 1.29 is 19.0 Å². The molecule has 0 heterocycles. The predicted molar refractivity (Wildman–Crippen MR) is 77.8 cm³/mol. The van der Waals surface area contributed by atoms with E-state index in [2.05, 4.69) is 0 Å². The van der Waals surface area contributed by atoms with Gasteiger partial charge < -0.3 is 24.8 Å². The zero-order chi connectivity index (χ0) is 15.5. The molecule has 0 saturated carbocycles. The van der Waals surface area contributed by atoms with Crippen molar-refractivity contribution in [3.8, 4) is 17.2 Å². The number of ether oxygens (including phenoxy) is 3. The van der Waals surface area contributed by atoms with E-state index in [1.165, 1.54) is 26.2 Å². The Hall–Kier alpha value is -1.95. The van der Waals surface area contributed by atoms with Gasteiger partial charge in [-0.2, -0.15) is 0 Å². The van der Waals surface area contributed by atoms with E-state index in [-0.39, 0.29) is 5.91 Å². The molecule has 0 aliphatic carbocycles. The Morgan fingerprint density at radius 3 is 1.85 bits per heavy atom. The molecule has 0 atom stereocenters. The number of methoxy groups -OCH3 is 3. The third-order valence-electron chi connectivity index (χ3n) is 2.89. The van der Waals surface area contributed by atoms with Crippen molar-refractivity contribution in [1.82, 2.24) is 0 Å². The molecule has 0 unspecified atom stereocenters. The number of carbonyl (C=O) groups is 1. The first-order chi connectivity index (χ1) is 9.26. The highest BCUT2D eigenvalue weighted by molar-refractivity contribution is 5.99. The summed E-state index contributed by atoms with van der Waals surface area (Å²) in [5.41, 5.74) is 5.49. The van der Waals surface area contributed by atoms with Crippen LogP contribution in [0.15, 0.2) is 12.1 Å². The SMILES string of the molecule is COc1cc(N(C)C(=O)C(C)(C)N)cc(OC)c1OC. The fourth-order valence-electron chi connectivity index (χ4n) is 1.81. The zero-order valence-corrected chi connectivity index (χ0v) is 12.8. The number of amides is 1. The largest absolute Gasteiger partial charge is 0.493 e. The normalized spacial score (nSPS) is 10.9. The van der Waals surface area contributed by atoms with Crippen LogP contribution in [-0.2, 0) is 4.79 Å². The van der Waals surface area contributed by atoms with Crippen LogP contribution in [0.1, 0.15) is 13.8 Å². The first kappa shape index (κ1) is 16.1. The lowest BCUT2D eigenvalue weighted by Gasteiger charge is -2.27. The van der Waals surface area contributed by atoms with Crippen molar-refractivity contribution >= 4 is 11.6 Å². The molecule has 1 amide bonds. The summed E-state index contributed by atoms with van der Waals surface area (Å²) in [7, 11) is 6.22. The Kier molecular flexibility index (Phi) is 4.83. The van der Waals surface area contributed by atoms with Crippen LogP contribution in [0.2, 0.25) is 0 Å². The minimum absolute atomic E-state index is 0.216. The number of hydrogen-bond donors (Lipinski definition) is 1. The van der Waals surface area contributed by atoms with Crippen LogP contribution < -0.4 is 24.8 Å². The van der Waals surface area contributed by atoms with Crippen molar-refractivity contribution in [1.29, 1.82) is 0 Å². The van der Waals surface area contributed by atoms with Gasteiger partial charge in [-0.25, -0.2) is 0 Å². The summed E-state index contributed by atoms with van der Waals surface area (Å²) in [6.07, 6.45) is 0. The monoisotopic (exact) mass is 282 g/mol. The van der Waals surface area contributed by atoms with Gasteiger partial charge in [-0.15, -0.1) is 0 Å². The number of carbonyl (C=O) groups excluding carboxylic acids is 1. The van der Waals surface area contributed by atoms with Crippen molar-refractivity contribution in [3.63, 3.8) is 0 Å². The summed E-state index contributed by atoms with van der Waals surface area (Å²) in [5.74, 6) is 1.23. The number of nitrogens with zero attached hydrogens (tertiary/aromatic N) is 1. The minimum atomic E-state index is -0.963. The smallest absolute Gasteiger partial charge is 0.246 e. The van der Waals surface area contributed by atoms with E-state index in [1.54, 1.807) is 33.0 Å². The third kappa shape index (κ3) is 3.14. The highest BCUT2D eigenvalue weighted by atomic mass is 16.5. The summed E-state index contributed by atoms with van der Waals surface area (Å²) >= 11 is 0. The molecule has 2 N–H and O–H groups in total. The molecule has 1 rings (SSSR count). The van der Waals surface area contributed by atoms with Gasteiger partial charge in [-0.1, -0.05) is 0 Å². The first-order valence-electron chi connectivity index (χ1n) is 6.13. The Bertz CT molecular complexity index is 469. The van der Waals surface area contributed by atoms with Crippen molar-refractivity contribution in [2.24, 2.45) is 5.73 Å². The lowest BCUT2D eigenvalue weighted by Crippen LogP contribution is -2.49. The highest BCUT2D eigenvalue weighted by Crippen LogP contribution is 2.41. The molecular weight excluding hydrogens is 260 g/mol. The molecule has 6 heteroatoms. The fourth-order valence-corrected chi connectivity index (χ4v) is 1.81. The summed E-state index contributed by atoms with van der Waals surface area (Å²) in [5, 5.41) is 0. The number of anilines is 1. The lowest BCUT2D eigenvalue weighted by molar-refractivity contribution is -0.122. The van der Waals surface area contributed by atoms with Gasteiger partial charge in [0.05, 0.1) is 32.6 Å². The average molecular weight is 282 g/mol. The Morgan fingerprint density at radius 1 is 1.10 bits per heavy atom. The van der Waals surface area contributed by atoms with Crippen LogP contribution in [0.4, 0.5) is 5.69 Å². The van der Waals surface area contributed by atoms with E-state index in [4.69, 9.17) is 19.9 Å². The number of nitrogens with two attached hydrogens (primary N) is 1. The molecule has 6 nitrogen and oxygen atoms in total. The van der Waals surface area contributed by atoms with Crippen molar-refractivity contribution in [2.45, 2.75) is 19.4 Å². The number of rotatable bonds is 5. The molecule has 1 aromatic carbocycles. The molecule has 0 bridgehead atoms. The van der Waals surface area contributed by atoms with Gasteiger partial charge in [0.1, 0.15) is 0 Å². The Morgan fingerprint density at radius 2 is 1.55 bits per heavy atom. The van der Waals surface area contributed by atoms with E-state index < -0.39 is 5.54 Å². The molecule has 0 spiro atoms. The van der Waals surface area contributed by atoms with Gasteiger partial charge in [0, 0.05) is 19.2 Å². The maximum atomic E-state index is 12.2. The summed E-state index contributed by atoms with van der Waals surface area (Å²) in [6.45, 7) is 3.31. The second-order valence-corrected chi connectivity index (χ2v) is 4.97. The minimum Gasteiger partial charge on any atom is -0.493 e. The third-order valence-corrected chi connectivity index (χ3v) is 2.89. The van der Waals surface area contributed by atoms with Crippen LogP contribution in [0.3, 0.4) is 0 Å². The number of benzene rings is 1. The first-order valence-corrected chi connectivity index (χ1v) is 6.13. The molecule has 0 aliphatic rings. The van der Waals surface area contributed by atoms with Gasteiger partial charge in [0.2, 0.25) is 11.7 Å². The van der Waals surface area contributed by atoms with E-state index in [0.29, 0.717) is 22.9 Å². The summed E-state index contributed by atoms with van der Waals surface area (Å²) in [4.78, 5) is 13.7. The molecule has 0 radical (unpaired) electrons. The van der Waals surface area contributed by atoms with Crippen molar-refractivity contribution in [3.05, 3.63) is 12.1 Å².